The van der Waals surface area contributed by atoms with Crippen molar-refractivity contribution in [3.8, 4) is 5.69 Å². The average Bonchev–Trinajstić information content (AvgIpc) is 3.48. The molecule has 2 aromatic carbocycles. The fourth-order valence-corrected chi connectivity index (χ4v) is 6.48. The summed E-state index contributed by atoms with van der Waals surface area (Å²) < 4.78 is 75.4. The summed E-state index contributed by atoms with van der Waals surface area (Å²) in [5.74, 6) is -3.69. The Labute approximate surface area is 213 Å². The first-order chi connectivity index (χ1) is 17.5. The van der Waals surface area contributed by atoms with Crippen molar-refractivity contribution >= 4 is 20.9 Å². The molecular weight excluding hydrogens is 503 g/mol. The predicted molar refractivity (Wildman–Crippen MR) is 134 cm³/mol. The van der Waals surface area contributed by atoms with E-state index in [2.05, 4.69) is 10.2 Å². The normalized spacial score (nSPS) is 20.5. The lowest BCUT2D eigenvalue weighted by Crippen LogP contribution is -2.58. The topological polar surface area (TPSA) is 73.0 Å². The zero-order valence-corrected chi connectivity index (χ0v) is 21.6. The highest BCUT2D eigenvalue weighted by Gasteiger charge is 2.57. The Morgan fingerprint density at radius 1 is 1.08 bits per heavy atom. The summed E-state index contributed by atoms with van der Waals surface area (Å²) in [6.45, 7) is 4.78. The standard InChI is InChI=1S/C26H28F3N5O2S/c1-4-10-32-16-22(15-30-32)37(35,36)33-11-9-25(3,26(28,29)17-33)23-13-19-14-31-34(24(19)12-18(23)2)21-7-5-20(27)6-8-21/h5-8,12-16H,4,9-11,17H2,1-3H3. The molecule has 1 aliphatic heterocycles. The second-order valence-electron chi connectivity index (χ2n) is 9.82. The summed E-state index contributed by atoms with van der Waals surface area (Å²) in [5.41, 5.74) is 0.888. The van der Waals surface area contributed by atoms with Crippen molar-refractivity contribution in [3.05, 3.63) is 71.9 Å². The zero-order chi connectivity index (χ0) is 26.6. The van der Waals surface area contributed by atoms with Gasteiger partial charge in [-0.1, -0.05) is 6.92 Å². The van der Waals surface area contributed by atoms with Crippen LogP contribution in [0, 0.1) is 12.7 Å². The van der Waals surface area contributed by atoms with E-state index in [9.17, 15) is 12.8 Å². The van der Waals surface area contributed by atoms with Gasteiger partial charge in [0.05, 0.1) is 35.6 Å². The first kappa shape index (κ1) is 25.5. The minimum atomic E-state index is -4.11. The van der Waals surface area contributed by atoms with E-state index in [0.717, 1.165) is 10.7 Å². The number of aryl methyl sites for hydroxylation is 2. The van der Waals surface area contributed by atoms with Crippen LogP contribution in [-0.2, 0) is 22.0 Å². The van der Waals surface area contributed by atoms with Crippen LogP contribution < -0.4 is 0 Å². The van der Waals surface area contributed by atoms with Crippen molar-refractivity contribution in [3.63, 3.8) is 0 Å². The number of hydrogen-bond donors (Lipinski definition) is 0. The quantitative estimate of drug-likeness (QED) is 0.348. The number of hydrogen-bond acceptors (Lipinski definition) is 4. The minimum absolute atomic E-state index is 0.0420. The van der Waals surface area contributed by atoms with Crippen molar-refractivity contribution in [1.29, 1.82) is 0 Å². The van der Waals surface area contributed by atoms with Crippen LogP contribution in [0.3, 0.4) is 0 Å². The maximum Gasteiger partial charge on any atom is 0.270 e. The van der Waals surface area contributed by atoms with Gasteiger partial charge in [0.15, 0.2) is 0 Å². The molecule has 0 saturated carbocycles. The van der Waals surface area contributed by atoms with Gasteiger partial charge in [-0.15, -0.1) is 0 Å². The maximum atomic E-state index is 15.9. The lowest BCUT2D eigenvalue weighted by atomic mass is 9.70. The van der Waals surface area contributed by atoms with E-state index in [1.807, 2.05) is 6.92 Å². The van der Waals surface area contributed by atoms with E-state index in [4.69, 9.17) is 0 Å². The Bertz CT molecular complexity index is 1560. The molecule has 37 heavy (non-hydrogen) atoms. The molecule has 4 aromatic rings. The number of alkyl halides is 2. The Balaban J connectivity index is 1.47. The third kappa shape index (κ3) is 4.23. The summed E-state index contributed by atoms with van der Waals surface area (Å²) in [5, 5.41) is 9.10. The van der Waals surface area contributed by atoms with Gasteiger partial charge in [-0.25, -0.2) is 26.3 Å². The molecule has 2 aromatic heterocycles. The predicted octanol–water partition coefficient (Wildman–Crippen LogP) is 5.07. The molecule has 0 radical (unpaired) electrons. The maximum absolute atomic E-state index is 15.9. The molecule has 0 bridgehead atoms. The molecule has 5 rings (SSSR count). The van der Waals surface area contributed by atoms with Crippen LogP contribution in [-0.4, -0.2) is 51.3 Å². The Kier molecular flexibility index (Phi) is 6.18. The summed E-state index contributed by atoms with van der Waals surface area (Å²) >= 11 is 0. The molecule has 196 valence electrons. The molecule has 1 unspecified atom stereocenters. The molecule has 0 N–H and O–H groups in total. The van der Waals surface area contributed by atoms with Crippen molar-refractivity contribution in [2.24, 2.45) is 0 Å². The first-order valence-electron chi connectivity index (χ1n) is 12.1. The molecule has 1 aliphatic rings. The fourth-order valence-electron chi connectivity index (χ4n) is 5.08. The molecule has 1 atom stereocenters. The monoisotopic (exact) mass is 531 g/mol. The molecule has 11 heteroatoms. The molecule has 1 fully saturated rings. The van der Waals surface area contributed by atoms with Gasteiger partial charge in [0.2, 0.25) is 10.0 Å². The van der Waals surface area contributed by atoms with Gasteiger partial charge in [-0.2, -0.15) is 14.5 Å². The van der Waals surface area contributed by atoms with Crippen LogP contribution in [0.5, 0.6) is 0 Å². The Morgan fingerprint density at radius 3 is 2.49 bits per heavy atom. The minimum Gasteiger partial charge on any atom is -0.271 e. The summed E-state index contributed by atoms with van der Waals surface area (Å²) in [7, 11) is -4.11. The highest BCUT2D eigenvalue weighted by molar-refractivity contribution is 7.89. The highest BCUT2D eigenvalue weighted by Crippen LogP contribution is 2.48. The van der Waals surface area contributed by atoms with E-state index in [1.54, 1.807) is 42.1 Å². The lowest BCUT2D eigenvalue weighted by molar-refractivity contribution is -0.107. The molecule has 7 nitrogen and oxygen atoms in total. The Morgan fingerprint density at radius 2 is 1.81 bits per heavy atom. The number of halogens is 3. The third-order valence-electron chi connectivity index (χ3n) is 7.32. The summed E-state index contributed by atoms with van der Waals surface area (Å²) in [4.78, 5) is -0.0776. The summed E-state index contributed by atoms with van der Waals surface area (Å²) in [6, 6.07) is 9.38. The molecule has 0 spiro atoms. The van der Waals surface area contributed by atoms with Gasteiger partial charge in [0, 0.05) is 24.7 Å². The molecule has 3 heterocycles. The van der Waals surface area contributed by atoms with Gasteiger partial charge in [0.25, 0.3) is 5.92 Å². The smallest absolute Gasteiger partial charge is 0.270 e. The number of rotatable bonds is 6. The van der Waals surface area contributed by atoms with Crippen LogP contribution in [0.2, 0.25) is 0 Å². The van der Waals surface area contributed by atoms with Crippen LogP contribution in [0.1, 0.15) is 37.8 Å². The fraction of sp³-hybridized carbons (Fsp3) is 0.385. The highest BCUT2D eigenvalue weighted by atomic mass is 32.2. The SMILES string of the molecule is CCCn1cc(S(=O)(=O)N2CCC(C)(c3cc4cnn(-c5ccc(F)cc5)c4cc3C)C(F)(F)C2)cn1. The van der Waals surface area contributed by atoms with E-state index in [0.29, 0.717) is 34.3 Å². The zero-order valence-electron chi connectivity index (χ0n) is 20.8. The van der Waals surface area contributed by atoms with Gasteiger partial charge in [-0.05, 0) is 74.2 Å². The second kappa shape index (κ2) is 8.98. The van der Waals surface area contributed by atoms with Gasteiger partial charge < -0.3 is 0 Å². The van der Waals surface area contributed by atoms with Crippen molar-refractivity contribution in [2.75, 3.05) is 13.1 Å². The van der Waals surface area contributed by atoms with Crippen molar-refractivity contribution in [2.45, 2.75) is 56.4 Å². The number of piperidine rings is 1. The van der Waals surface area contributed by atoms with Crippen molar-refractivity contribution < 1.29 is 21.6 Å². The van der Waals surface area contributed by atoms with Gasteiger partial charge in [0.1, 0.15) is 10.7 Å². The Hall–Kier alpha value is -3.18. The number of fused-ring (bicyclic) bond motifs is 1. The number of benzene rings is 2. The van der Waals surface area contributed by atoms with Gasteiger partial charge in [-0.3, -0.25) is 4.68 Å². The van der Waals surface area contributed by atoms with Gasteiger partial charge >= 0.3 is 0 Å². The molecule has 0 aliphatic carbocycles. The largest absolute Gasteiger partial charge is 0.271 e. The van der Waals surface area contributed by atoms with Crippen LogP contribution in [0.25, 0.3) is 16.6 Å². The van der Waals surface area contributed by atoms with Crippen molar-refractivity contribution in [1.82, 2.24) is 23.9 Å². The van der Waals surface area contributed by atoms with Crippen LogP contribution in [0.4, 0.5) is 13.2 Å². The third-order valence-corrected chi connectivity index (χ3v) is 9.12. The molecule has 1 saturated heterocycles. The number of nitrogens with zero attached hydrogens (tertiary/aromatic N) is 5. The van der Waals surface area contributed by atoms with E-state index < -0.39 is 27.9 Å². The van der Waals surface area contributed by atoms with Crippen LogP contribution in [0.15, 0.2) is 59.9 Å². The number of aromatic nitrogens is 4. The molecule has 0 amide bonds. The lowest BCUT2D eigenvalue weighted by Gasteiger charge is -2.45. The van der Waals surface area contributed by atoms with E-state index in [1.165, 1.54) is 36.1 Å². The van der Waals surface area contributed by atoms with Crippen LogP contribution >= 0.6 is 0 Å². The number of sulfonamides is 1. The average molecular weight is 532 g/mol. The second-order valence-corrected chi connectivity index (χ2v) is 11.8. The summed E-state index contributed by atoms with van der Waals surface area (Å²) in [6.07, 6.45) is 4.92. The van der Waals surface area contributed by atoms with E-state index >= 15 is 8.78 Å². The first-order valence-corrected chi connectivity index (χ1v) is 13.6. The van der Waals surface area contributed by atoms with E-state index in [-0.39, 0.29) is 23.7 Å². The molecular formula is C26H28F3N5O2S.